The fourth-order valence-electron chi connectivity index (χ4n) is 3.69. The minimum Gasteiger partial charge on any atom is -0.492 e. The lowest BCUT2D eigenvalue weighted by Gasteiger charge is -2.36. The van der Waals surface area contributed by atoms with Crippen LogP contribution in [0.3, 0.4) is 0 Å². The second-order valence-corrected chi connectivity index (χ2v) is 7.37. The molecule has 3 aromatic rings. The van der Waals surface area contributed by atoms with Gasteiger partial charge < -0.3 is 14.5 Å². The second kappa shape index (κ2) is 9.86. The molecule has 4 rings (SSSR count). The predicted molar refractivity (Wildman–Crippen MR) is 125 cm³/mol. The molecule has 0 radical (unpaired) electrons. The highest BCUT2D eigenvalue weighted by molar-refractivity contribution is 5.94. The van der Waals surface area contributed by atoms with Gasteiger partial charge in [0.15, 0.2) is 0 Å². The van der Waals surface area contributed by atoms with Gasteiger partial charge in [-0.05, 0) is 55.5 Å². The fraction of sp³-hybridized carbons (Fsp3) is 0.222. The Morgan fingerprint density at radius 2 is 1.42 bits per heavy atom. The van der Waals surface area contributed by atoms with E-state index in [2.05, 4.69) is 22.8 Å². The molecule has 0 unspecified atom stereocenters. The summed E-state index contributed by atoms with van der Waals surface area (Å²) < 4.78 is 5.76. The Labute approximate surface area is 184 Å². The SMILES string of the molecule is CCOc1ccccc1N1CCN(C(=O)c2ccc(C#Cc3ccccc3)cc2)CC1. The minimum absolute atomic E-state index is 0.0697. The normalized spacial score (nSPS) is 13.3. The van der Waals surface area contributed by atoms with Gasteiger partial charge in [0.2, 0.25) is 0 Å². The quantitative estimate of drug-likeness (QED) is 0.596. The predicted octanol–water partition coefficient (Wildman–Crippen LogP) is 4.45. The Kier molecular flexibility index (Phi) is 6.54. The number of rotatable bonds is 4. The average molecular weight is 411 g/mol. The van der Waals surface area contributed by atoms with Crippen LogP contribution >= 0.6 is 0 Å². The zero-order valence-electron chi connectivity index (χ0n) is 17.8. The highest BCUT2D eigenvalue weighted by atomic mass is 16.5. The Morgan fingerprint density at radius 3 is 2.10 bits per heavy atom. The van der Waals surface area contributed by atoms with Gasteiger partial charge in [-0.25, -0.2) is 0 Å². The number of benzene rings is 3. The minimum atomic E-state index is 0.0697. The van der Waals surface area contributed by atoms with E-state index >= 15 is 0 Å². The van der Waals surface area contributed by atoms with Crippen LogP contribution in [-0.4, -0.2) is 43.6 Å². The maximum Gasteiger partial charge on any atom is 0.253 e. The van der Waals surface area contributed by atoms with Crippen molar-refractivity contribution in [2.24, 2.45) is 0 Å². The Morgan fingerprint density at radius 1 is 0.806 bits per heavy atom. The summed E-state index contributed by atoms with van der Waals surface area (Å²) in [5.41, 5.74) is 3.68. The first-order valence-corrected chi connectivity index (χ1v) is 10.7. The van der Waals surface area contributed by atoms with E-state index in [1.165, 1.54) is 0 Å². The zero-order chi connectivity index (χ0) is 21.5. The average Bonchev–Trinajstić information content (AvgIpc) is 2.84. The van der Waals surface area contributed by atoms with Crippen LogP contribution in [0.25, 0.3) is 0 Å². The molecular weight excluding hydrogens is 384 g/mol. The summed E-state index contributed by atoms with van der Waals surface area (Å²) in [7, 11) is 0. The molecule has 31 heavy (non-hydrogen) atoms. The van der Waals surface area contributed by atoms with Crippen LogP contribution in [0.5, 0.6) is 5.75 Å². The van der Waals surface area contributed by atoms with E-state index in [1.54, 1.807) is 0 Å². The van der Waals surface area contributed by atoms with Crippen molar-refractivity contribution in [2.75, 3.05) is 37.7 Å². The number of anilines is 1. The molecule has 1 aliphatic rings. The third-order valence-electron chi connectivity index (χ3n) is 5.33. The van der Waals surface area contributed by atoms with Crippen molar-refractivity contribution in [1.82, 2.24) is 4.90 Å². The van der Waals surface area contributed by atoms with E-state index in [0.29, 0.717) is 25.3 Å². The molecule has 0 N–H and O–H groups in total. The lowest BCUT2D eigenvalue weighted by Crippen LogP contribution is -2.48. The highest BCUT2D eigenvalue weighted by Gasteiger charge is 2.23. The van der Waals surface area contributed by atoms with Crippen molar-refractivity contribution >= 4 is 11.6 Å². The zero-order valence-corrected chi connectivity index (χ0v) is 17.8. The van der Waals surface area contributed by atoms with Gasteiger partial charge in [-0.3, -0.25) is 4.79 Å². The summed E-state index contributed by atoms with van der Waals surface area (Å²) in [5, 5.41) is 0. The number of carbonyl (C=O) groups is 1. The molecule has 4 nitrogen and oxygen atoms in total. The van der Waals surface area contributed by atoms with Gasteiger partial charge in [-0.15, -0.1) is 0 Å². The van der Waals surface area contributed by atoms with Crippen molar-refractivity contribution in [2.45, 2.75) is 6.92 Å². The number of piperazine rings is 1. The summed E-state index contributed by atoms with van der Waals surface area (Å²) in [6.45, 7) is 5.59. The van der Waals surface area contributed by atoms with E-state index < -0.39 is 0 Å². The standard InChI is InChI=1S/C27H26N2O2/c1-2-31-26-11-7-6-10-25(26)28-18-20-29(21-19-28)27(30)24-16-14-23(15-17-24)13-12-22-8-4-3-5-9-22/h3-11,14-17H,2,18-21H2,1H3. The Hall–Kier alpha value is -3.71. The largest absolute Gasteiger partial charge is 0.492 e. The first-order valence-electron chi connectivity index (χ1n) is 10.7. The highest BCUT2D eigenvalue weighted by Crippen LogP contribution is 2.29. The van der Waals surface area contributed by atoms with Crippen LogP contribution < -0.4 is 9.64 Å². The maximum atomic E-state index is 12.9. The number of carbonyl (C=O) groups excluding carboxylic acids is 1. The number of amides is 1. The molecule has 0 saturated carbocycles. The molecule has 1 aliphatic heterocycles. The molecule has 1 heterocycles. The second-order valence-electron chi connectivity index (χ2n) is 7.37. The monoisotopic (exact) mass is 410 g/mol. The summed E-state index contributed by atoms with van der Waals surface area (Å²) in [6, 6.07) is 25.5. The third kappa shape index (κ3) is 5.07. The molecular formula is C27H26N2O2. The molecule has 0 spiro atoms. The van der Waals surface area contributed by atoms with Gasteiger partial charge in [0.05, 0.1) is 12.3 Å². The van der Waals surface area contributed by atoms with Crippen molar-refractivity contribution < 1.29 is 9.53 Å². The van der Waals surface area contributed by atoms with Gasteiger partial charge in [0, 0.05) is 42.9 Å². The van der Waals surface area contributed by atoms with Gasteiger partial charge >= 0.3 is 0 Å². The van der Waals surface area contributed by atoms with Crippen LogP contribution in [0.2, 0.25) is 0 Å². The van der Waals surface area contributed by atoms with Crippen LogP contribution in [0.15, 0.2) is 78.9 Å². The number of hydrogen-bond acceptors (Lipinski definition) is 3. The molecule has 1 fully saturated rings. The van der Waals surface area contributed by atoms with E-state index in [1.807, 2.05) is 84.6 Å². The van der Waals surface area contributed by atoms with Crippen molar-refractivity contribution in [1.29, 1.82) is 0 Å². The lowest BCUT2D eigenvalue weighted by molar-refractivity contribution is 0.0746. The van der Waals surface area contributed by atoms with Gasteiger partial charge in [-0.2, -0.15) is 0 Å². The van der Waals surface area contributed by atoms with Crippen molar-refractivity contribution in [3.63, 3.8) is 0 Å². The Bertz CT molecular complexity index is 1070. The van der Waals surface area contributed by atoms with Crippen LogP contribution in [-0.2, 0) is 0 Å². The van der Waals surface area contributed by atoms with E-state index in [4.69, 9.17) is 4.74 Å². The first kappa shape index (κ1) is 20.6. The third-order valence-corrected chi connectivity index (χ3v) is 5.33. The molecule has 3 aromatic carbocycles. The summed E-state index contributed by atoms with van der Waals surface area (Å²) in [6.07, 6.45) is 0. The number of para-hydroxylation sites is 2. The van der Waals surface area contributed by atoms with E-state index in [0.717, 1.165) is 35.7 Å². The van der Waals surface area contributed by atoms with E-state index in [-0.39, 0.29) is 5.91 Å². The van der Waals surface area contributed by atoms with Gasteiger partial charge in [0.25, 0.3) is 5.91 Å². The topological polar surface area (TPSA) is 32.8 Å². The van der Waals surface area contributed by atoms with Crippen LogP contribution in [0, 0.1) is 11.8 Å². The fourth-order valence-corrected chi connectivity index (χ4v) is 3.69. The summed E-state index contributed by atoms with van der Waals surface area (Å²) in [4.78, 5) is 17.2. The Balaban J connectivity index is 1.37. The van der Waals surface area contributed by atoms with Gasteiger partial charge in [0.1, 0.15) is 5.75 Å². The van der Waals surface area contributed by atoms with Crippen LogP contribution in [0.4, 0.5) is 5.69 Å². The van der Waals surface area contributed by atoms with Crippen LogP contribution in [0.1, 0.15) is 28.4 Å². The van der Waals surface area contributed by atoms with Crippen molar-refractivity contribution in [3.05, 3.63) is 95.6 Å². The number of hydrogen-bond donors (Lipinski definition) is 0. The first-order chi connectivity index (χ1) is 15.2. The molecule has 0 atom stereocenters. The van der Waals surface area contributed by atoms with Crippen molar-refractivity contribution in [3.8, 4) is 17.6 Å². The lowest BCUT2D eigenvalue weighted by atomic mass is 10.1. The molecule has 4 heteroatoms. The van der Waals surface area contributed by atoms with Gasteiger partial charge in [-0.1, -0.05) is 42.2 Å². The molecule has 156 valence electrons. The molecule has 0 bridgehead atoms. The molecule has 0 aromatic heterocycles. The number of nitrogens with zero attached hydrogens (tertiary/aromatic N) is 2. The van der Waals surface area contributed by atoms with E-state index in [9.17, 15) is 4.79 Å². The molecule has 1 saturated heterocycles. The molecule has 1 amide bonds. The smallest absolute Gasteiger partial charge is 0.253 e. The number of ether oxygens (including phenoxy) is 1. The summed E-state index contributed by atoms with van der Waals surface area (Å²) in [5.74, 6) is 7.27. The molecule has 0 aliphatic carbocycles. The maximum absolute atomic E-state index is 12.9. The summed E-state index contributed by atoms with van der Waals surface area (Å²) >= 11 is 0.